The second-order valence-electron chi connectivity index (χ2n) is 8.24. The van der Waals surface area contributed by atoms with Gasteiger partial charge in [-0.2, -0.15) is 0 Å². The largest absolute Gasteiger partial charge is 0.490 e. The molecule has 0 unspecified atom stereocenters. The number of esters is 2. The lowest BCUT2D eigenvalue weighted by atomic mass is 10.0. The first-order chi connectivity index (χ1) is 17.1. The van der Waals surface area contributed by atoms with E-state index in [1.54, 1.807) is 66.7 Å². The highest BCUT2D eigenvalue weighted by molar-refractivity contribution is 5.92. The van der Waals surface area contributed by atoms with E-state index in [-0.39, 0.29) is 0 Å². The van der Waals surface area contributed by atoms with Crippen molar-refractivity contribution in [2.75, 3.05) is 6.61 Å². The van der Waals surface area contributed by atoms with Gasteiger partial charge in [0.05, 0.1) is 11.1 Å². The first kappa shape index (κ1) is 25.8. The Morgan fingerprint density at radius 3 is 1.69 bits per heavy atom. The van der Waals surface area contributed by atoms with E-state index in [9.17, 15) is 9.59 Å². The van der Waals surface area contributed by atoms with Gasteiger partial charge in [0.15, 0.2) is 0 Å². The second-order valence-corrected chi connectivity index (χ2v) is 8.24. The van der Waals surface area contributed by atoms with Crippen molar-refractivity contribution in [1.82, 2.24) is 0 Å². The Hall–Kier alpha value is -3.86. The van der Waals surface area contributed by atoms with Gasteiger partial charge in [0, 0.05) is 0 Å². The van der Waals surface area contributed by atoms with E-state index in [4.69, 9.17) is 14.2 Å². The third-order valence-corrected chi connectivity index (χ3v) is 5.46. The van der Waals surface area contributed by atoms with E-state index >= 15 is 0 Å². The lowest BCUT2D eigenvalue weighted by Gasteiger charge is -2.08. The molecule has 35 heavy (non-hydrogen) atoms. The van der Waals surface area contributed by atoms with Crippen LogP contribution in [0, 0.1) is 0 Å². The second kappa shape index (κ2) is 13.8. The minimum atomic E-state index is -0.490. The SMILES string of the molecule is C=CCOc1ccc(C(=O)Oc2ccc(OC(=O)c3ccc(CCCCCCC)cc3)cc2)cc1. The molecule has 0 aliphatic carbocycles. The predicted octanol–water partition coefficient (Wildman–Crippen LogP) is 7.20. The molecule has 0 spiro atoms. The van der Waals surface area contributed by atoms with E-state index in [0.29, 0.717) is 35.0 Å². The average Bonchev–Trinajstić information content (AvgIpc) is 2.89. The lowest BCUT2D eigenvalue weighted by Crippen LogP contribution is -2.09. The Labute approximate surface area is 207 Å². The van der Waals surface area contributed by atoms with Gasteiger partial charge in [0.1, 0.15) is 23.9 Å². The summed E-state index contributed by atoms with van der Waals surface area (Å²) in [4.78, 5) is 24.8. The fraction of sp³-hybridized carbons (Fsp3) is 0.267. The summed E-state index contributed by atoms with van der Waals surface area (Å²) in [7, 11) is 0. The summed E-state index contributed by atoms with van der Waals surface area (Å²) < 4.78 is 16.3. The smallest absolute Gasteiger partial charge is 0.343 e. The molecule has 0 N–H and O–H groups in total. The Bertz CT molecular complexity index is 1080. The fourth-order valence-electron chi connectivity index (χ4n) is 3.49. The van der Waals surface area contributed by atoms with Crippen LogP contribution in [0.15, 0.2) is 85.5 Å². The maximum absolute atomic E-state index is 12.5. The number of hydrogen-bond acceptors (Lipinski definition) is 5. The van der Waals surface area contributed by atoms with Gasteiger partial charge in [-0.05, 0) is 79.1 Å². The highest BCUT2D eigenvalue weighted by Gasteiger charge is 2.11. The Kier molecular flexibility index (Phi) is 10.1. The Balaban J connectivity index is 1.48. The molecule has 0 aliphatic rings. The van der Waals surface area contributed by atoms with E-state index in [0.717, 1.165) is 12.8 Å². The molecule has 3 aromatic carbocycles. The van der Waals surface area contributed by atoms with Gasteiger partial charge in [0.2, 0.25) is 0 Å². The normalized spacial score (nSPS) is 10.4. The first-order valence-corrected chi connectivity index (χ1v) is 12.1. The molecule has 0 aromatic heterocycles. The topological polar surface area (TPSA) is 61.8 Å². The summed E-state index contributed by atoms with van der Waals surface area (Å²) in [6.45, 7) is 6.20. The highest BCUT2D eigenvalue weighted by Crippen LogP contribution is 2.21. The van der Waals surface area contributed by atoms with E-state index in [1.807, 2.05) is 12.1 Å². The maximum Gasteiger partial charge on any atom is 0.343 e. The maximum atomic E-state index is 12.5. The van der Waals surface area contributed by atoms with Crippen molar-refractivity contribution in [2.24, 2.45) is 0 Å². The molecule has 0 amide bonds. The van der Waals surface area contributed by atoms with E-state index in [2.05, 4.69) is 13.5 Å². The number of unbranched alkanes of at least 4 members (excludes halogenated alkanes) is 4. The summed E-state index contributed by atoms with van der Waals surface area (Å²) in [5, 5.41) is 0. The zero-order valence-electron chi connectivity index (χ0n) is 20.2. The molecule has 0 fully saturated rings. The number of ether oxygens (including phenoxy) is 3. The van der Waals surface area contributed by atoms with Gasteiger partial charge in [-0.3, -0.25) is 0 Å². The minimum absolute atomic E-state index is 0.352. The van der Waals surface area contributed by atoms with Crippen LogP contribution < -0.4 is 14.2 Å². The molecule has 0 atom stereocenters. The molecule has 5 nitrogen and oxygen atoms in total. The highest BCUT2D eigenvalue weighted by atomic mass is 16.5. The molecule has 0 heterocycles. The molecule has 0 bridgehead atoms. The van der Waals surface area contributed by atoms with Crippen molar-refractivity contribution in [3.05, 3.63) is 102 Å². The van der Waals surface area contributed by atoms with Gasteiger partial charge >= 0.3 is 11.9 Å². The Morgan fingerprint density at radius 2 is 1.17 bits per heavy atom. The van der Waals surface area contributed by atoms with Crippen molar-refractivity contribution in [2.45, 2.75) is 45.4 Å². The molecular formula is C30H32O5. The standard InChI is InChI=1S/C30H32O5/c1-3-5-6-7-8-9-23-10-12-24(13-11-23)29(31)34-27-18-20-28(21-19-27)35-30(32)25-14-16-26(17-15-25)33-22-4-2/h4,10-21H,2-3,5-9,22H2,1H3. The minimum Gasteiger partial charge on any atom is -0.490 e. The van der Waals surface area contributed by atoms with Crippen LogP contribution in [-0.4, -0.2) is 18.5 Å². The van der Waals surface area contributed by atoms with Crippen LogP contribution in [0.3, 0.4) is 0 Å². The van der Waals surface area contributed by atoms with Crippen molar-refractivity contribution in [3.8, 4) is 17.2 Å². The molecule has 0 saturated heterocycles. The molecule has 3 aromatic rings. The summed E-state index contributed by atoms with van der Waals surface area (Å²) in [5.74, 6) is 0.451. The van der Waals surface area contributed by atoms with Gasteiger partial charge < -0.3 is 14.2 Å². The van der Waals surface area contributed by atoms with Crippen LogP contribution in [0.2, 0.25) is 0 Å². The average molecular weight is 473 g/mol. The van der Waals surface area contributed by atoms with E-state index in [1.165, 1.54) is 31.2 Å². The van der Waals surface area contributed by atoms with Crippen molar-refractivity contribution in [1.29, 1.82) is 0 Å². The fourth-order valence-corrected chi connectivity index (χ4v) is 3.49. The van der Waals surface area contributed by atoms with Crippen molar-refractivity contribution < 1.29 is 23.8 Å². The quantitative estimate of drug-likeness (QED) is 0.114. The number of carbonyl (C=O) groups is 2. The molecule has 5 heteroatoms. The zero-order chi connectivity index (χ0) is 24.9. The predicted molar refractivity (Wildman–Crippen MR) is 137 cm³/mol. The molecule has 0 radical (unpaired) electrons. The molecule has 182 valence electrons. The monoisotopic (exact) mass is 472 g/mol. The van der Waals surface area contributed by atoms with Crippen LogP contribution in [0.1, 0.15) is 65.3 Å². The summed E-state index contributed by atoms with van der Waals surface area (Å²) in [5.41, 5.74) is 2.12. The van der Waals surface area contributed by atoms with Crippen LogP contribution in [0.5, 0.6) is 17.2 Å². The third kappa shape index (κ3) is 8.45. The Morgan fingerprint density at radius 1 is 0.686 bits per heavy atom. The lowest BCUT2D eigenvalue weighted by molar-refractivity contribution is 0.0719. The first-order valence-electron chi connectivity index (χ1n) is 12.1. The van der Waals surface area contributed by atoms with Crippen LogP contribution in [0.4, 0.5) is 0 Å². The molecule has 3 rings (SSSR count). The van der Waals surface area contributed by atoms with E-state index < -0.39 is 11.9 Å². The third-order valence-electron chi connectivity index (χ3n) is 5.46. The summed E-state index contributed by atoms with van der Waals surface area (Å²) in [6.07, 6.45) is 8.87. The number of hydrogen-bond donors (Lipinski definition) is 0. The number of rotatable bonds is 13. The van der Waals surface area contributed by atoms with Crippen LogP contribution in [0.25, 0.3) is 0 Å². The van der Waals surface area contributed by atoms with Crippen molar-refractivity contribution in [3.63, 3.8) is 0 Å². The van der Waals surface area contributed by atoms with Crippen molar-refractivity contribution >= 4 is 11.9 Å². The van der Waals surface area contributed by atoms with Gasteiger partial charge in [-0.25, -0.2) is 9.59 Å². The van der Waals surface area contributed by atoms with Gasteiger partial charge in [0.25, 0.3) is 0 Å². The zero-order valence-corrected chi connectivity index (χ0v) is 20.2. The van der Waals surface area contributed by atoms with Crippen LogP contribution >= 0.6 is 0 Å². The van der Waals surface area contributed by atoms with Gasteiger partial charge in [-0.1, -0.05) is 57.4 Å². The van der Waals surface area contributed by atoms with Crippen LogP contribution in [-0.2, 0) is 6.42 Å². The molecule has 0 saturated carbocycles. The summed E-state index contributed by atoms with van der Waals surface area (Å²) in [6, 6.07) is 20.6. The molecular weight excluding hydrogens is 440 g/mol. The number of aryl methyl sites for hydroxylation is 1. The number of benzene rings is 3. The molecule has 0 aliphatic heterocycles. The number of carbonyl (C=O) groups excluding carboxylic acids is 2. The van der Waals surface area contributed by atoms with Gasteiger partial charge in [-0.15, -0.1) is 0 Å². The summed E-state index contributed by atoms with van der Waals surface area (Å²) >= 11 is 0.